The van der Waals surface area contributed by atoms with E-state index in [9.17, 15) is 18.0 Å². The fourth-order valence-electron chi connectivity index (χ4n) is 3.78. The largest absolute Gasteiger partial charge is 0.416 e. The number of hydrogen-bond acceptors (Lipinski definition) is 2. The van der Waals surface area contributed by atoms with E-state index in [1.54, 1.807) is 6.07 Å². The number of carbonyl (C=O) groups excluding carboxylic acids is 1. The highest BCUT2D eigenvalue weighted by molar-refractivity contribution is 6.09. The second-order valence-electron chi connectivity index (χ2n) is 7.75. The zero-order valence-corrected chi connectivity index (χ0v) is 16.4. The number of nitrogens with one attached hydrogen (secondary N) is 1. The second-order valence-corrected chi connectivity index (χ2v) is 7.75. The van der Waals surface area contributed by atoms with Crippen LogP contribution in [0, 0.1) is 6.92 Å². The smallest absolute Gasteiger partial charge is 0.349 e. The van der Waals surface area contributed by atoms with Gasteiger partial charge in [0.1, 0.15) is 5.82 Å². The van der Waals surface area contributed by atoms with Crippen LogP contribution in [0.25, 0.3) is 27.8 Å². The summed E-state index contributed by atoms with van der Waals surface area (Å²) in [5.74, 6) is 0.657. The molecule has 0 bridgehead atoms. The Kier molecular flexibility index (Phi) is 3.96. The summed E-state index contributed by atoms with van der Waals surface area (Å²) in [6.45, 7) is 1.87. The predicted octanol–water partition coefficient (Wildman–Crippen LogP) is 4.74. The first-order valence-electron chi connectivity index (χ1n) is 9.70. The Labute approximate surface area is 170 Å². The van der Waals surface area contributed by atoms with Gasteiger partial charge in [0.15, 0.2) is 5.65 Å². The minimum atomic E-state index is -4.39. The third-order valence-corrected chi connectivity index (χ3v) is 5.63. The SMILES string of the molecule is Cc1nc2c(c3cc(C(=O)NC4CC4)ccc3n2-c2ccc(C(F)(F)F)cc2)n1C. The van der Waals surface area contributed by atoms with E-state index in [2.05, 4.69) is 10.3 Å². The molecular formula is C22H19F3N4O. The summed E-state index contributed by atoms with van der Waals surface area (Å²) in [7, 11) is 1.89. The molecule has 0 spiro atoms. The molecule has 0 saturated heterocycles. The fraction of sp³-hybridized carbons (Fsp3) is 0.273. The van der Waals surface area contributed by atoms with E-state index in [0.717, 1.165) is 47.2 Å². The van der Waals surface area contributed by atoms with E-state index in [1.165, 1.54) is 12.1 Å². The number of imidazole rings is 1. The van der Waals surface area contributed by atoms with Gasteiger partial charge in [0.2, 0.25) is 0 Å². The highest BCUT2D eigenvalue weighted by atomic mass is 19.4. The Hall–Kier alpha value is -3.29. The first-order chi connectivity index (χ1) is 14.2. The number of rotatable bonds is 3. The van der Waals surface area contributed by atoms with Crippen LogP contribution >= 0.6 is 0 Å². The monoisotopic (exact) mass is 412 g/mol. The lowest BCUT2D eigenvalue weighted by Crippen LogP contribution is -2.25. The number of amides is 1. The lowest BCUT2D eigenvalue weighted by atomic mass is 10.1. The molecule has 1 aliphatic rings. The number of halogens is 3. The summed E-state index contributed by atoms with van der Waals surface area (Å²) in [5.41, 5.74) is 2.70. The second kappa shape index (κ2) is 6.35. The topological polar surface area (TPSA) is 51.9 Å². The van der Waals surface area contributed by atoms with Gasteiger partial charge in [0.05, 0.1) is 16.6 Å². The van der Waals surface area contributed by atoms with Crippen LogP contribution in [0.2, 0.25) is 0 Å². The molecule has 8 heteroatoms. The number of benzene rings is 2. The highest BCUT2D eigenvalue weighted by Gasteiger charge is 2.30. The molecule has 1 fully saturated rings. The van der Waals surface area contributed by atoms with Gasteiger partial charge in [-0.3, -0.25) is 9.36 Å². The Morgan fingerprint density at radius 1 is 1.13 bits per heavy atom. The van der Waals surface area contributed by atoms with Crippen LogP contribution < -0.4 is 5.32 Å². The van der Waals surface area contributed by atoms with Crippen LogP contribution in [0.1, 0.15) is 34.6 Å². The number of nitrogens with zero attached hydrogens (tertiary/aromatic N) is 3. The molecule has 0 unspecified atom stereocenters. The molecule has 1 N–H and O–H groups in total. The van der Waals surface area contributed by atoms with Crippen molar-refractivity contribution in [3.05, 3.63) is 59.4 Å². The van der Waals surface area contributed by atoms with Gasteiger partial charge in [-0.1, -0.05) is 0 Å². The van der Waals surface area contributed by atoms with Crippen LogP contribution in [0.3, 0.4) is 0 Å². The number of carbonyl (C=O) groups is 1. The number of hydrogen-bond donors (Lipinski definition) is 1. The van der Waals surface area contributed by atoms with Crippen LogP contribution in [-0.4, -0.2) is 26.1 Å². The van der Waals surface area contributed by atoms with Crippen molar-refractivity contribution < 1.29 is 18.0 Å². The highest BCUT2D eigenvalue weighted by Crippen LogP contribution is 2.34. The normalized spacial score (nSPS) is 14.6. The quantitative estimate of drug-likeness (QED) is 0.529. The molecule has 154 valence electrons. The van der Waals surface area contributed by atoms with Crippen molar-refractivity contribution in [3.8, 4) is 5.69 Å². The zero-order valence-electron chi connectivity index (χ0n) is 16.4. The third-order valence-electron chi connectivity index (χ3n) is 5.63. The molecule has 2 heterocycles. The standard InChI is InChI=1S/C22H19F3N4O/c1-12-26-20-19(28(12)2)17-11-13(21(30)27-15-6-7-15)3-10-18(17)29(20)16-8-4-14(5-9-16)22(23,24)25/h3-5,8-11,15H,6-7H2,1-2H3,(H,27,30). The van der Waals surface area contributed by atoms with Crippen LogP contribution in [0.4, 0.5) is 13.2 Å². The average molecular weight is 412 g/mol. The Morgan fingerprint density at radius 3 is 2.47 bits per heavy atom. The van der Waals surface area contributed by atoms with E-state index < -0.39 is 11.7 Å². The maximum Gasteiger partial charge on any atom is 0.416 e. The molecular weight excluding hydrogens is 393 g/mol. The van der Waals surface area contributed by atoms with E-state index in [0.29, 0.717) is 16.9 Å². The van der Waals surface area contributed by atoms with E-state index >= 15 is 0 Å². The summed E-state index contributed by atoms with van der Waals surface area (Å²) >= 11 is 0. The van der Waals surface area contributed by atoms with E-state index in [1.807, 2.05) is 35.2 Å². The summed E-state index contributed by atoms with van der Waals surface area (Å²) < 4.78 is 42.7. The van der Waals surface area contributed by atoms with Crippen molar-refractivity contribution >= 4 is 28.0 Å². The first-order valence-corrected chi connectivity index (χ1v) is 9.70. The summed E-state index contributed by atoms with van der Waals surface area (Å²) in [4.78, 5) is 17.2. The summed E-state index contributed by atoms with van der Waals surface area (Å²) in [5, 5.41) is 3.82. The van der Waals surface area contributed by atoms with Crippen molar-refractivity contribution in [2.75, 3.05) is 0 Å². The molecule has 5 nitrogen and oxygen atoms in total. The van der Waals surface area contributed by atoms with E-state index in [-0.39, 0.29) is 11.9 Å². The molecule has 30 heavy (non-hydrogen) atoms. The number of aromatic nitrogens is 3. The van der Waals surface area contributed by atoms with Crippen molar-refractivity contribution in [2.45, 2.75) is 32.0 Å². The van der Waals surface area contributed by atoms with Crippen LogP contribution in [0.15, 0.2) is 42.5 Å². The molecule has 1 saturated carbocycles. The Bertz CT molecular complexity index is 1290. The Balaban J connectivity index is 1.70. The number of alkyl halides is 3. The molecule has 2 aromatic heterocycles. The van der Waals surface area contributed by atoms with E-state index in [4.69, 9.17) is 0 Å². The Morgan fingerprint density at radius 2 is 1.83 bits per heavy atom. The van der Waals surface area contributed by atoms with Gasteiger partial charge in [0, 0.05) is 29.7 Å². The van der Waals surface area contributed by atoms with Crippen molar-refractivity contribution in [1.29, 1.82) is 0 Å². The fourth-order valence-corrected chi connectivity index (χ4v) is 3.78. The lowest BCUT2D eigenvalue weighted by Gasteiger charge is -2.10. The van der Waals surface area contributed by atoms with Crippen molar-refractivity contribution in [2.24, 2.45) is 7.05 Å². The van der Waals surface area contributed by atoms with Crippen LogP contribution in [-0.2, 0) is 13.2 Å². The van der Waals surface area contributed by atoms with Crippen molar-refractivity contribution in [1.82, 2.24) is 19.4 Å². The number of fused-ring (bicyclic) bond motifs is 3. The number of aryl methyl sites for hydroxylation is 2. The minimum absolute atomic E-state index is 0.117. The van der Waals surface area contributed by atoms with Crippen LogP contribution in [0.5, 0.6) is 0 Å². The first kappa shape index (κ1) is 18.7. The van der Waals surface area contributed by atoms with Gasteiger partial charge >= 0.3 is 6.18 Å². The van der Waals surface area contributed by atoms with Gasteiger partial charge in [0.25, 0.3) is 5.91 Å². The lowest BCUT2D eigenvalue weighted by molar-refractivity contribution is -0.137. The molecule has 1 aliphatic carbocycles. The molecule has 2 aromatic carbocycles. The molecule has 0 aliphatic heterocycles. The maximum atomic E-state index is 13.0. The molecule has 4 aromatic rings. The molecule has 1 amide bonds. The molecule has 0 radical (unpaired) electrons. The molecule has 5 rings (SSSR count). The van der Waals surface area contributed by atoms with Gasteiger partial charge in [-0.15, -0.1) is 0 Å². The van der Waals surface area contributed by atoms with Gasteiger partial charge in [-0.05, 0) is 62.2 Å². The summed E-state index contributed by atoms with van der Waals surface area (Å²) in [6.07, 6.45) is -2.38. The third kappa shape index (κ3) is 2.94. The summed E-state index contributed by atoms with van der Waals surface area (Å²) in [6, 6.07) is 10.7. The van der Waals surface area contributed by atoms with Gasteiger partial charge in [-0.25, -0.2) is 4.98 Å². The van der Waals surface area contributed by atoms with Crippen molar-refractivity contribution in [3.63, 3.8) is 0 Å². The minimum Gasteiger partial charge on any atom is -0.349 e. The zero-order chi connectivity index (χ0) is 21.2. The molecule has 0 atom stereocenters. The van der Waals surface area contributed by atoms with Gasteiger partial charge in [-0.2, -0.15) is 13.2 Å². The average Bonchev–Trinajstić information content (AvgIpc) is 3.39. The maximum absolute atomic E-state index is 13.0. The van der Waals surface area contributed by atoms with Gasteiger partial charge < -0.3 is 9.88 Å². The predicted molar refractivity (Wildman–Crippen MR) is 108 cm³/mol.